The van der Waals surface area contributed by atoms with Crippen molar-refractivity contribution in [1.29, 1.82) is 0 Å². The van der Waals surface area contributed by atoms with Crippen LogP contribution in [0.4, 0.5) is 0 Å². The van der Waals surface area contributed by atoms with Crippen LogP contribution in [0, 0.1) is 6.92 Å². The van der Waals surface area contributed by atoms with Gasteiger partial charge in [0.2, 0.25) is 5.88 Å². The molecule has 5 heteroatoms. The molecule has 0 bridgehead atoms. The van der Waals surface area contributed by atoms with E-state index in [0.717, 1.165) is 4.90 Å². The molecule has 0 aliphatic carbocycles. The molecule has 0 saturated carbocycles. The van der Waals surface area contributed by atoms with Crippen molar-refractivity contribution in [2.45, 2.75) is 23.9 Å². The van der Waals surface area contributed by atoms with Crippen molar-refractivity contribution >= 4 is 23.4 Å². The Morgan fingerprint density at radius 1 is 1.22 bits per heavy atom. The Hall–Kier alpha value is -1.26. The van der Waals surface area contributed by atoms with Crippen molar-refractivity contribution in [3.63, 3.8) is 0 Å². The molecule has 94 valence electrons. The van der Waals surface area contributed by atoms with Crippen molar-refractivity contribution < 1.29 is 4.74 Å². The average molecular weight is 281 g/mol. The van der Waals surface area contributed by atoms with Gasteiger partial charge in [-0.15, -0.1) is 0 Å². The minimum absolute atomic E-state index is 0.392. The second-order valence-electron chi connectivity index (χ2n) is 3.66. The lowest BCUT2D eigenvalue weighted by atomic mass is 10.2. The first-order valence-electron chi connectivity index (χ1n) is 5.59. The van der Waals surface area contributed by atoms with Crippen LogP contribution in [0.5, 0.6) is 5.88 Å². The summed E-state index contributed by atoms with van der Waals surface area (Å²) in [4.78, 5) is 9.53. The SMILES string of the molecule is CCOc1cc(Cl)nc(Sc2ccc(C)cc2)n1. The van der Waals surface area contributed by atoms with Gasteiger partial charge in [-0.05, 0) is 37.7 Å². The molecule has 0 saturated heterocycles. The number of ether oxygens (including phenoxy) is 1. The van der Waals surface area contributed by atoms with Gasteiger partial charge in [-0.2, -0.15) is 4.98 Å². The number of nitrogens with zero attached hydrogens (tertiary/aromatic N) is 2. The zero-order valence-corrected chi connectivity index (χ0v) is 11.8. The first-order chi connectivity index (χ1) is 8.67. The number of rotatable bonds is 4. The van der Waals surface area contributed by atoms with E-state index in [2.05, 4.69) is 29.0 Å². The number of benzene rings is 1. The lowest BCUT2D eigenvalue weighted by molar-refractivity contribution is 0.323. The van der Waals surface area contributed by atoms with Crippen molar-refractivity contribution in [1.82, 2.24) is 9.97 Å². The van der Waals surface area contributed by atoms with Crippen LogP contribution in [-0.4, -0.2) is 16.6 Å². The largest absolute Gasteiger partial charge is 0.478 e. The molecule has 0 aliphatic rings. The number of aryl methyl sites for hydroxylation is 1. The molecular weight excluding hydrogens is 268 g/mol. The third kappa shape index (κ3) is 3.62. The fourth-order valence-corrected chi connectivity index (χ4v) is 2.34. The molecule has 0 spiro atoms. The van der Waals surface area contributed by atoms with Crippen LogP contribution in [0.2, 0.25) is 5.15 Å². The predicted octanol–water partition coefficient (Wildman–Crippen LogP) is 3.99. The molecule has 0 unspecified atom stereocenters. The lowest BCUT2D eigenvalue weighted by Crippen LogP contribution is -1.97. The molecule has 1 aromatic carbocycles. The van der Waals surface area contributed by atoms with E-state index in [1.165, 1.54) is 17.3 Å². The summed E-state index contributed by atoms with van der Waals surface area (Å²) in [5.41, 5.74) is 1.22. The lowest BCUT2D eigenvalue weighted by Gasteiger charge is -2.05. The van der Waals surface area contributed by atoms with Gasteiger partial charge in [0.25, 0.3) is 0 Å². The highest BCUT2D eigenvalue weighted by molar-refractivity contribution is 7.99. The number of halogens is 1. The topological polar surface area (TPSA) is 35.0 Å². The van der Waals surface area contributed by atoms with Gasteiger partial charge in [0.1, 0.15) is 5.15 Å². The maximum absolute atomic E-state index is 5.93. The van der Waals surface area contributed by atoms with Gasteiger partial charge in [-0.1, -0.05) is 29.3 Å². The summed E-state index contributed by atoms with van der Waals surface area (Å²) in [5.74, 6) is 0.507. The monoisotopic (exact) mass is 280 g/mol. The minimum Gasteiger partial charge on any atom is -0.478 e. The first kappa shape index (κ1) is 13.2. The van der Waals surface area contributed by atoms with E-state index in [1.54, 1.807) is 6.07 Å². The fraction of sp³-hybridized carbons (Fsp3) is 0.231. The van der Waals surface area contributed by atoms with Crippen LogP contribution >= 0.6 is 23.4 Å². The van der Waals surface area contributed by atoms with E-state index in [9.17, 15) is 0 Å². The van der Waals surface area contributed by atoms with Crippen molar-refractivity contribution in [3.05, 3.63) is 41.0 Å². The zero-order chi connectivity index (χ0) is 13.0. The normalized spacial score (nSPS) is 10.4. The second-order valence-corrected chi connectivity index (χ2v) is 5.09. The molecule has 3 nitrogen and oxygen atoms in total. The van der Waals surface area contributed by atoms with Gasteiger partial charge in [0.05, 0.1) is 6.61 Å². The quantitative estimate of drug-likeness (QED) is 0.627. The Labute approximate surface area is 116 Å². The molecule has 0 N–H and O–H groups in total. The van der Waals surface area contributed by atoms with E-state index in [0.29, 0.717) is 22.8 Å². The summed E-state index contributed by atoms with van der Waals surface area (Å²) >= 11 is 7.40. The predicted molar refractivity (Wildman–Crippen MR) is 73.5 cm³/mol. The smallest absolute Gasteiger partial charge is 0.218 e. The summed E-state index contributed by atoms with van der Waals surface area (Å²) in [6, 6.07) is 9.78. The highest BCUT2D eigenvalue weighted by Crippen LogP contribution is 2.27. The summed E-state index contributed by atoms with van der Waals surface area (Å²) in [6.07, 6.45) is 0. The molecule has 1 heterocycles. The van der Waals surface area contributed by atoms with E-state index in [4.69, 9.17) is 16.3 Å². The minimum atomic E-state index is 0.392. The van der Waals surface area contributed by atoms with Gasteiger partial charge in [0.15, 0.2) is 5.16 Å². The molecule has 2 rings (SSSR count). The molecule has 0 aliphatic heterocycles. The zero-order valence-electron chi connectivity index (χ0n) is 10.2. The van der Waals surface area contributed by atoms with Crippen molar-refractivity contribution in [2.75, 3.05) is 6.61 Å². The maximum Gasteiger partial charge on any atom is 0.218 e. The fourth-order valence-electron chi connectivity index (χ4n) is 1.36. The highest BCUT2D eigenvalue weighted by atomic mass is 35.5. The number of hydrogen-bond donors (Lipinski definition) is 0. The van der Waals surface area contributed by atoms with Gasteiger partial charge in [-0.3, -0.25) is 0 Å². The van der Waals surface area contributed by atoms with Crippen LogP contribution < -0.4 is 4.74 Å². The molecular formula is C13H13ClN2OS. The maximum atomic E-state index is 5.93. The molecule has 18 heavy (non-hydrogen) atoms. The second kappa shape index (κ2) is 6.07. The summed E-state index contributed by atoms with van der Waals surface area (Å²) in [6.45, 7) is 4.52. The average Bonchev–Trinajstić information content (AvgIpc) is 2.32. The Morgan fingerprint density at radius 3 is 2.61 bits per heavy atom. The van der Waals surface area contributed by atoms with Crippen LogP contribution in [0.1, 0.15) is 12.5 Å². The van der Waals surface area contributed by atoms with Gasteiger partial charge < -0.3 is 4.74 Å². The Balaban J connectivity index is 2.20. The number of hydrogen-bond acceptors (Lipinski definition) is 4. The standard InChI is InChI=1S/C13H13ClN2OS/c1-3-17-12-8-11(14)15-13(16-12)18-10-6-4-9(2)5-7-10/h4-8H,3H2,1-2H3. The molecule has 0 radical (unpaired) electrons. The number of aromatic nitrogens is 2. The Kier molecular flexibility index (Phi) is 4.44. The molecule has 0 amide bonds. The van der Waals surface area contributed by atoms with Gasteiger partial charge >= 0.3 is 0 Å². The molecule has 0 fully saturated rings. The third-order valence-electron chi connectivity index (χ3n) is 2.17. The molecule has 1 aromatic heterocycles. The van der Waals surface area contributed by atoms with Crippen molar-refractivity contribution in [3.8, 4) is 5.88 Å². The highest BCUT2D eigenvalue weighted by Gasteiger charge is 2.06. The summed E-state index contributed by atoms with van der Waals surface area (Å²) < 4.78 is 5.34. The van der Waals surface area contributed by atoms with Gasteiger partial charge in [0, 0.05) is 11.0 Å². The first-order valence-corrected chi connectivity index (χ1v) is 6.78. The van der Waals surface area contributed by atoms with Crippen LogP contribution in [0.25, 0.3) is 0 Å². The Bertz CT molecular complexity index is 531. The Morgan fingerprint density at radius 2 is 1.94 bits per heavy atom. The summed E-state index contributed by atoms with van der Waals surface area (Å²) in [7, 11) is 0. The van der Waals surface area contributed by atoms with Crippen molar-refractivity contribution in [2.24, 2.45) is 0 Å². The summed E-state index contributed by atoms with van der Waals surface area (Å²) in [5, 5.41) is 0.984. The molecule has 0 atom stereocenters. The van der Waals surface area contributed by atoms with E-state index >= 15 is 0 Å². The van der Waals surface area contributed by atoms with E-state index < -0.39 is 0 Å². The van der Waals surface area contributed by atoms with Gasteiger partial charge in [-0.25, -0.2) is 4.98 Å². The van der Waals surface area contributed by atoms with E-state index in [-0.39, 0.29) is 0 Å². The van der Waals surface area contributed by atoms with Crippen LogP contribution in [0.3, 0.4) is 0 Å². The molecule has 2 aromatic rings. The third-order valence-corrected chi connectivity index (χ3v) is 3.24. The van der Waals surface area contributed by atoms with E-state index in [1.807, 2.05) is 19.1 Å². The van der Waals surface area contributed by atoms with Crippen LogP contribution in [0.15, 0.2) is 40.4 Å². The van der Waals surface area contributed by atoms with Crippen LogP contribution in [-0.2, 0) is 0 Å².